The Labute approximate surface area is 86.3 Å². The molecule has 1 aromatic rings. The van der Waals surface area contributed by atoms with E-state index in [9.17, 15) is 4.79 Å². The van der Waals surface area contributed by atoms with Gasteiger partial charge in [0.15, 0.2) is 0 Å². The van der Waals surface area contributed by atoms with Gasteiger partial charge in [-0.2, -0.15) is 0 Å². The molecule has 1 aromatic carbocycles. The number of pyridine rings is 1. The molecule has 72 valence electrons. The maximum absolute atomic E-state index is 10.6. The van der Waals surface area contributed by atoms with Crippen molar-refractivity contribution in [1.82, 2.24) is 9.55 Å². The smallest absolute Gasteiger partial charge is 0.217 e. The first-order valence-electron chi connectivity index (χ1n) is 4.70. The van der Waals surface area contributed by atoms with Gasteiger partial charge in [0.2, 0.25) is 6.41 Å². The third kappa shape index (κ3) is 1.13. The number of nitrogens with zero attached hydrogens (tertiary/aromatic N) is 2. The number of para-hydroxylation sites is 1. The average Bonchev–Trinajstić information content (AvgIpc) is 2.66. The van der Waals surface area contributed by atoms with Gasteiger partial charge >= 0.3 is 0 Å². The highest BCUT2D eigenvalue weighted by atomic mass is 16.1. The van der Waals surface area contributed by atoms with Crippen LogP contribution in [0.25, 0.3) is 22.2 Å². The second-order valence-electron chi connectivity index (χ2n) is 3.43. The summed E-state index contributed by atoms with van der Waals surface area (Å²) in [5.41, 5.74) is 2.91. The van der Waals surface area contributed by atoms with Crippen LogP contribution in [-0.4, -0.2) is 16.0 Å². The highest BCUT2D eigenvalue weighted by molar-refractivity contribution is 5.97. The van der Waals surface area contributed by atoms with Crippen LogP contribution >= 0.6 is 0 Å². The van der Waals surface area contributed by atoms with Gasteiger partial charge in [-0.25, -0.2) is 4.98 Å². The maximum atomic E-state index is 10.6. The Morgan fingerprint density at radius 3 is 2.93 bits per heavy atom. The monoisotopic (exact) mass is 196 g/mol. The summed E-state index contributed by atoms with van der Waals surface area (Å²) in [6.07, 6.45) is 4.24. The first-order valence-corrected chi connectivity index (χ1v) is 4.70. The van der Waals surface area contributed by atoms with E-state index in [0.717, 1.165) is 28.6 Å². The van der Waals surface area contributed by atoms with E-state index < -0.39 is 0 Å². The highest BCUT2D eigenvalue weighted by Gasteiger charge is 2.10. The summed E-state index contributed by atoms with van der Waals surface area (Å²) >= 11 is 0. The van der Waals surface area contributed by atoms with Crippen LogP contribution in [0.2, 0.25) is 0 Å². The number of rotatable bonds is 1. The molecule has 0 saturated carbocycles. The molecule has 2 heterocycles. The lowest BCUT2D eigenvalue weighted by molar-refractivity contribution is 0.547. The summed E-state index contributed by atoms with van der Waals surface area (Å²) in [5.74, 6) is 0. The summed E-state index contributed by atoms with van der Waals surface area (Å²) in [6, 6.07) is 9.88. The van der Waals surface area contributed by atoms with Crippen LogP contribution in [0.3, 0.4) is 0 Å². The number of hydrogen-bond acceptors (Lipinski definition) is 2. The van der Waals surface area contributed by atoms with E-state index in [0.29, 0.717) is 0 Å². The minimum absolute atomic E-state index is 0.763. The molecular formula is C12H8N2O. The Kier molecular flexibility index (Phi) is 1.59. The number of benzene rings is 1. The summed E-state index contributed by atoms with van der Waals surface area (Å²) in [7, 11) is 0. The lowest BCUT2D eigenvalue weighted by Gasteiger charge is -1.99. The average molecular weight is 196 g/mol. The van der Waals surface area contributed by atoms with E-state index in [4.69, 9.17) is 0 Å². The molecule has 0 bridgehead atoms. The van der Waals surface area contributed by atoms with Gasteiger partial charge in [0.1, 0.15) is 0 Å². The Hall–Kier alpha value is -2.16. The van der Waals surface area contributed by atoms with Crippen molar-refractivity contribution in [2.75, 3.05) is 0 Å². The highest BCUT2D eigenvalue weighted by Crippen LogP contribution is 2.29. The second kappa shape index (κ2) is 2.92. The fraction of sp³-hybridized carbons (Fsp3) is 0. The second-order valence-corrected chi connectivity index (χ2v) is 3.43. The Morgan fingerprint density at radius 2 is 2.07 bits per heavy atom. The first kappa shape index (κ1) is 8.17. The number of hydrogen-bond donors (Lipinski definition) is 0. The predicted molar refractivity (Wildman–Crippen MR) is 58.5 cm³/mol. The van der Waals surface area contributed by atoms with Crippen LogP contribution in [0.4, 0.5) is 0 Å². The number of carbonyl (C=O) groups excluding carboxylic acids is 1. The van der Waals surface area contributed by atoms with E-state index >= 15 is 0 Å². The summed E-state index contributed by atoms with van der Waals surface area (Å²) in [6.45, 7) is 0. The maximum Gasteiger partial charge on any atom is 0.217 e. The molecule has 0 aliphatic carbocycles. The molecule has 0 radical (unpaired) electrons. The zero-order valence-electron chi connectivity index (χ0n) is 7.92. The van der Waals surface area contributed by atoms with Gasteiger partial charge in [0.05, 0.1) is 11.2 Å². The van der Waals surface area contributed by atoms with Gasteiger partial charge in [0.25, 0.3) is 0 Å². The van der Waals surface area contributed by atoms with E-state index in [1.807, 2.05) is 30.3 Å². The molecule has 0 spiro atoms. The van der Waals surface area contributed by atoms with E-state index in [-0.39, 0.29) is 0 Å². The number of fused-ring (bicyclic) bond motifs is 3. The molecule has 0 aromatic heterocycles. The van der Waals surface area contributed by atoms with Crippen molar-refractivity contribution in [2.45, 2.75) is 0 Å². The van der Waals surface area contributed by atoms with Crippen molar-refractivity contribution in [3.63, 3.8) is 0 Å². The molecule has 0 atom stereocenters. The molecule has 15 heavy (non-hydrogen) atoms. The molecule has 0 saturated heterocycles. The standard InChI is InChI=1S/C12H8N2O/c15-8-14-6-5-10-9-3-1-2-4-11(9)13-12(10)7-14/h1-8H. The molecule has 3 heteroatoms. The van der Waals surface area contributed by atoms with Crippen molar-refractivity contribution in [1.29, 1.82) is 0 Å². The van der Waals surface area contributed by atoms with Gasteiger partial charge in [-0.3, -0.25) is 9.36 Å². The van der Waals surface area contributed by atoms with Crippen LogP contribution in [0, 0.1) is 0 Å². The third-order valence-electron chi connectivity index (χ3n) is 2.52. The molecule has 0 N–H and O–H groups in total. The Bertz CT molecular complexity index is 612. The van der Waals surface area contributed by atoms with E-state index in [1.165, 1.54) is 4.57 Å². The van der Waals surface area contributed by atoms with E-state index in [1.54, 1.807) is 12.4 Å². The summed E-state index contributed by atoms with van der Waals surface area (Å²) in [4.78, 5) is 15.0. The van der Waals surface area contributed by atoms with Gasteiger partial charge in [0, 0.05) is 23.3 Å². The minimum Gasteiger partial charge on any atom is -0.295 e. The van der Waals surface area contributed by atoms with Gasteiger partial charge in [-0.05, 0) is 12.1 Å². The predicted octanol–water partition coefficient (Wildman–Crippen LogP) is 2.18. The van der Waals surface area contributed by atoms with Crippen LogP contribution < -0.4 is 0 Å². The zero-order valence-corrected chi connectivity index (χ0v) is 7.92. The fourth-order valence-electron chi connectivity index (χ4n) is 1.81. The van der Waals surface area contributed by atoms with Crippen LogP contribution in [-0.2, 0) is 4.79 Å². The van der Waals surface area contributed by atoms with Crippen LogP contribution in [0.15, 0.2) is 42.7 Å². The first-order chi connectivity index (χ1) is 7.38. The fourth-order valence-corrected chi connectivity index (χ4v) is 1.81. The van der Waals surface area contributed by atoms with Crippen LogP contribution in [0.5, 0.6) is 0 Å². The zero-order chi connectivity index (χ0) is 10.3. The molecule has 0 fully saturated rings. The van der Waals surface area contributed by atoms with Crippen molar-refractivity contribution in [3.8, 4) is 11.3 Å². The normalized spacial score (nSPS) is 10.9. The lowest BCUT2D eigenvalue weighted by Crippen LogP contribution is -1.95. The Morgan fingerprint density at radius 1 is 1.20 bits per heavy atom. The van der Waals surface area contributed by atoms with Crippen molar-refractivity contribution < 1.29 is 4.79 Å². The van der Waals surface area contributed by atoms with Crippen LogP contribution in [0.1, 0.15) is 0 Å². The summed E-state index contributed by atoms with van der Waals surface area (Å²) in [5, 5.41) is 1.13. The minimum atomic E-state index is 0.763. The van der Waals surface area contributed by atoms with Crippen molar-refractivity contribution in [2.24, 2.45) is 0 Å². The molecule has 2 aliphatic rings. The molecule has 0 amide bonds. The molecule has 3 nitrogen and oxygen atoms in total. The van der Waals surface area contributed by atoms with Crippen molar-refractivity contribution >= 4 is 17.3 Å². The van der Waals surface area contributed by atoms with Gasteiger partial charge in [-0.15, -0.1) is 0 Å². The number of aromatic nitrogens is 2. The Balaban J connectivity index is 2.43. The SMILES string of the molecule is O=Cn1ccc2c3ccccc3nc-2c1. The van der Waals surface area contributed by atoms with E-state index in [2.05, 4.69) is 4.98 Å². The topological polar surface area (TPSA) is 34.9 Å². The van der Waals surface area contributed by atoms with Gasteiger partial charge < -0.3 is 0 Å². The molecule has 0 unspecified atom stereocenters. The number of carbonyl (C=O) groups is 1. The van der Waals surface area contributed by atoms with Crippen molar-refractivity contribution in [3.05, 3.63) is 42.7 Å². The van der Waals surface area contributed by atoms with Gasteiger partial charge in [-0.1, -0.05) is 18.2 Å². The third-order valence-corrected chi connectivity index (χ3v) is 2.52. The lowest BCUT2D eigenvalue weighted by atomic mass is 10.1. The molecule has 3 rings (SSSR count). The molecular weight excluding hydrogens is 188 g/mol. The molecule has 2 aliphatic heterocycles. The quantitative estimate of drug-likeness (QED) is 0.559. The largest absolute Gasteiger partial charge is 0.295 e. The summed E-state index contributed by atoms with van der Waals surface area (Å²) < 4.78 is 1.47.